The monoisotopic (exact) mass is 516 g/mol. The van der Waals surface area contributed by atoms with Gasteiger partial charge in [0.05, 0.1) is 36.8 Å². The number of ether oxygens (including phenoxy) is 1. The number of hydrogen-bond donors (Lipinski definition) is 1. The van der Waals surface area contributed by atoms with E-state index < -0.39 is 5.91 Å². The Hall–Kier alpha value is -4.40. The van der Waals surface area contributed by atoms with Gasteiger partial charge in [-0.3, -0.25) is 19.8 Å². The number of carbonyl (C=O) groups excluding carboxylic acids is 1. The minimum Gasteiger partial charge on any atom is -0.494 e. The van der Waals surface area contributed by atoms with E-state index in [-0.39, 0.29) is 5.15 Å². The molecule has 0 aliphatic carbocycles. The average molecular weight is 517 g/mol. The maximum Gasteiger partial charge on any atom is 0.259 e. The number of amides is 1. The molecule has 0 atom stereocenters. The second kappa shape index (κ2) is 9.69. The van der Waals surface area contributed by atoms with E-state index in [1.165, 1.54) is 30.8 Å². The molecule has 0 bridgehead atoms. The summed E-state index contributed by atoms with van der Waals surface area (Å²) in [5.41, 5.74) is 3.94. The maximum absolute atomic E-state index is 13.3. The highest BCUT2D eigenvalue weighted by atomic mass is 35.5. The van der Waals surface area contributed by atoms with Crippen LogP contribution >= 0.6 is 22.9 Å². The molecule has 0 aliphatic rings. The zero-order valence-corrected chi connectivity index (χ0v) is 20.8. The van der Waals surface area contributed by atoms with Gasteiger partial charge in [-0.05, 0) is 25.0 Å². The predicted molar refractivity (Wildman–Crippen MR) is 136 cm³/mol. The van der Waals surface area contributed by atoms with Crippen LogP contribution in [0.3, 0.4) is 0 Å². The summed E-state index contributed by atoms with van der Waals surface area (Å²) in [6.45, 7) is 1.83. The molecule has 5 aromatic rings. The molecule has 0 radical (unpaired) electrons. The van der Waals surface area contributed by atoms with Gasteiger partial charge in [0, 0.05) is 36.3 Å². The number of nitrogens with one attached hydrogen (secondary N) is 1. The SMILES string of the molecule is COc1cnc(Cl)cc1-c1cc(C)ncc1C(=O)Nc1nc2ncc(C#Cc3cnn(C)c3)nc2s1. The maximum atomic E-state index is 13.3. The zero-order chi connectivity index (χ0) is 25.2. The lowest BCUT2D eigenvalue weighted by Crippen LogP contribution is -2.14. The van der Waals surface area contributed by atoms with Crippen LogP contribution in [-0.4, -0.2) is 47.7 Å². The fourth-order valence-electron chi connectivity index (χ4n) is 3.38. The Balaban J connectivity index is 1.44. The Kier molecular flexibility index (Phi) is 6.28. The van der Waals surface area contributed by atoms with Gasteiger partial charge < -0.3 is 4.74 Å². The van der Waals surface area contributed by atoms with Crippen LogP contribution in [0.4, 0.5) is 5.13 Å². The van der Waals surface area contributed by atoms with Gasteiger partial charge in [-0.25, -0.2) is 15.0 Å². The molecular weight excluding hydrogens is 500 g/mol. The number of carbonyl (C=O) groups is 1. The molecule has 5 aromatic heterocycles. The van der Waals surface area contributed by atoms with Crippen LogP contribution in [-0.2, 0) is 7.05 Å². The lowest BCUT2D eigenvalue weighted by atomic mass is 10.0. The number of aryl methyl sites for hydroxylation is 2. The van der Waals surface area contributed by atoms with Crippen LogP contribution in [0.2, 0.25) is 5.15 Å². The first-order valence-corrected chi connectivity index (χ1v) is 11.7. The summed E-state index contributed by atoms with van der Waals surface area (Å²) in [7, 11) is 3.35. The Morgan fingerprint density at radius 1 is 1.08 bits per heavy atom. The van der Waals surface area contributed by atoms with Crippen LogP contribution in [0, 0.1) is 18.8 Å². The second-order valence-corrected chi connectivity index (χ2v) is 8.95. The van der Waals surface area contributed by atoms with Crippen LogP contribution in [0.5, 0.6) is 5.75 Å². The van der Waals surface area contributed by atoms with Crippen molar-refractivity contribution in [2.45, 2.75) is 6.92 Å². The molecule has 178 valence electrons. The largest absolute Gasteiger partial charge is 0.494 e. The Labute approximate surface area is 214 Å². The van der Waals surface area contributed by atoms with Crippen LogP contribution < -0.4 is 10.1 Å². The normalized spacial score (nSPS) is 10.7. The topological polar surface area (TPSA) is 121 Å². The fourth-order valence-corrected chi connectivity index (χ4v) is 4.33. The van der Waals surface area contributed by atoms with Crippen molar-refractivity contribution in [3.63, 3.8) is 0 Å². The summed E-state index contributed by atoms with van der Waals surface area (Å²) < 4.78 is 7.10. The lowest BCUT2D eigenvalue weighted by Gasteiger charge is -2.13. The van der Waals surface area contributed by atoms with Crippen molar-refractivity contribution in [2.75, 3.05) is 12.4 Å². The third kappa shape index (κ3) is 4.86. The van der Waals surface area contributed by atoms with Crippen LogP contribution in [0.15, 0.2) is 43.1 Å². The molecule has 0 spiro atoms. The van der Waals surface area contributed by atoms with Gasteiger partial charge in [-0.15, -0.1) is 0 Å². The van der Waals surface area contributed by atoms with E-state index in [9.17, 15) is 4.79 Å². The van der Waals surface area contributed by atoms with E-state index >= 15 is 0 Å². The zero-order valence-electron chi connectivity index (χ0n) is 19.3. The summed E-state index contributed by atoms with van der Waals surface area (Å²) in [5, 5.41) is 7.53. The van der Waals surface area contributed by atoms with Crippen molar-refractivity contribution in [3.05, 3.63) is 70.8 Å². The highest BCUT2D eigenvalue weighted by molar-refractivity contribution is 7.21. The van der Waals surface area contributed by atoms with Gasteiger partial charge in [0.1, 0.15) is 16.6 Å². The number of anilines is 1. The smallest absolute Gasteiger partial charge is 0.259 e. The predicted octanol–water partition coefficient (Wildman–Crippen LogP) is 3.90. The minimum absolute atomic E-state index is 0.275. The summed E-state index contributed by atoms with van der Waals surface area (Å²) in [6, 6.07) is 3.43. The Morgan fingerprint density at radius 2 is 1.94 bits per heavy atom. The molecule has 1 amide bonds. The van der Waals surface area contributed by atoms with Crippen molar-refractivity contribution in [3.8, 4) is 28.7 Å². The first kappa shape index (κ1) is 23.3. The molecule has 5 heterocycles. The van der Waals surface area contributed by atoms with Crippen molar-refractivity contribution in [1.82, 2.24) is 34.7 Å². The van der Waals surface area contributed by atoms with Gasteiger partial charge in [0.2, 0.25) is 0 Å². The molecule has 36 heavy (non-hydrogen) atoms. The third-order valence-corrected chi connectivity index (χ3v) is 6.07. The average Bonchev–Trinajstić information content (AvgIpc) is 3.47. The van der Waals surface area contributed by atoms with E-state index in [0.29, 0.717) is 43.7 Å². The molecule has 12 heteroatoms. The Bertz CT molecular complexity index is 1680. The lowest BCUT2D eigenvalue weighted by molar-refractivity contribution is 0.102. The number of nitrogens with zero attached hydrogens (tertiary/aromatic N) is 7. The Morgan fingerprint density at radius 3 is 2.72 bits per heavy atom. The molecule has 0 saturated heterocycles. The quantitative estimate of drug-likeness (QED) is 0.282. The highest BCUT2D eigenvalue weighted by Gasteiger charge is 2.19. The minimum atomic E-state index is -0.400. The molecule has 10 nitrogen and oxygen atoms in total. The van der Waals surface area contributed by atoms with E-state index in [1.54, 1.807) is 29.2 Å². The molecule has 0 saturated carbocycles. The molecule has 0 aromatic carbocycles. The van der Waals surface area contributed by atoms with E-state index in [1.807, 2.05) is 20.2 Å². The summed E-state index contributed by atoms with van der Waals surface area (Å²) in [6.07, 6.45) is 8.03. The molecule has 0 fully saturated rings. The first-order chi connectivity index (χ1) is 17.4. The first-order valence-electron chi connectivity index (χ1n) is 10.5. The van der Waals surface area contributed by atoms with Crippen molar-refractivity contribution in [2.24, 2.45) is 7.05 Å². The van der Waals surface area contributed by atoms with Crippen molar-refractivity contribution in [1.29, 1.82) is 0 Å². The van der Waals surface area contributed by atoms with Gasteiger partial charge in [-0.2, -0.15) is 10.1 Å². The fraction of sp³-hybridized carbons (Fsp3) is 0.125. The summed E-state index contributed by atoms with van der Waals surface area (Å²) in [5.74, 6) is 6.04. The standard InChI is InChI=1S/C24H17ClN8O2S/c1-13-6-16(17-7-20(25)27-11-19(17)35-3)18(10-26-13)22(34)32-24-31-21-23(36-24)30-15(9-28-21)5-4-14-8-29-33(2)12-14/h6-12H,1-3H3,(H,28,31,32,34). The number of hydrogen-bond acceptors (Lipinski definition) is 9. The molecular formula is C24H17ClN8O2S. The van der Waals surface area contributed by atoms with Gasteiger partial charge in [-0.1, -0.05) is 28.9 Å². The van der Waals surface area contributed by atoms with Crippen LogP contribution in [0.25, 0.3) is 21.6 Å². The van der Waals surface area contributed by atoms with E-state index in [4.69, 9.17) is 16.3 Å². The molecule has 1 N–H and O–H groups in total. The molecule has 0 unspecified atom stereocenters. The van der Waals surface area contributed by atoms with E-state index in [2.05, 4.69) is 47.2 Å². The van der Waals surface area contributed by atoms with Gasteiger partial charge in [0.25, 0.3) is 5.91 Å². The summed E-state index contributed by atoms with van der Waals surface area (Å²) >= 11 is 7.32. The number of aromatic nitrogens is 7. The number of halogens is 1. The number of fused-ring (bicyclic) bond motifs is 1. The summed E-state index contributed by atoms with van der Waals surface area (Å²) in [4.78, 5) is 35.4. The van der Waals surface area contributed by atoms with Crippen molar-refractivity contribution >= 4 is 44.5 Å². The van der Waals surface area contributed by atoms with Crippen molar-refractivity contribution < 1.29 is 9.53 Å². The highest BCUT2D eigenvalue weighted by Crippen LogP contribution is 2.34. The second-order valence-electron chi connectivity index (χ2n) is 7.59. The van der Waals surface area contributed by atoms with Gasteiger partial charge >= 0.3 is 0 Å². The van der Waals surface area contributed by atoms with E-state index in [0.717, 1.165) is 11.3 Å². The number of rotatable bonds is 4. The number of thiazole rings is 1. The molecule has 5 rings (SSSR count). The van der Waals surface area contributed by atoms with Crippen LogP contribution in [0.1, 0.15) is 27.3 Å². The number of methoxy groups -OCH3 is 1. The van der Waals surface area contributed by atoms with Gasteiger partial charge in [0.15, 0.2) is 15.6 Å². The number of pyridine rings is 2. The third-order valence-electron chi connectivity index (χ3n) is 5.01. The molecule has 0 aliphatic heterocycles.